The van der Waals surface area contributed by atoms with Crippen molar-refractivity contribution in [2.24, 2.45) is 5.92 Å². The Labute approximate surface area is 166 Å². The van der Waals surface area contributed by atoms with Crippen LogP contribution in [0.2, 0.25) is 0 Å². The highest BCUT2D eigenvalue weighted by Gasteiger charge is 2.34. The molecule has 0 N–H and O–H groups in total. The van der Waals surface area contributed by atoms with Gasteiger partial charge in [0.1, 0.15) is 5.92 Å². The third kappa shape index (κ3) is 11.2. The quantitative estimate of drug-likeness (QED) is 0.175. The van der Waals surface area contributed by atoms with E-state index in [1.807, 2.05) is 0 Å². The van der Waals surface area contributed by atoms with Gasteiger partial charge in [0.05, 0.1) is 0 Å². The van der Waals surface area contributed by atoms with E-state index in [4.69, 9.17) is 0 Å². The minimum absolute atomic E-state index is 0.137. The van der Waals surface area contributed by atoms with Crippen LogP contribution in [0.25, 0.3) is 0 Å². The standard InChI is InChI=1S/C24H40O3/c1-2-3-4-5-6-7-8-9-10-11-12-13-14-15-16-18-21(25)24-22(26)19-17-20-23(24)27/h9-10,24H,2-8,11-20H2,1H3/b10-9-. The van der Waals surface area contributed by atoms with Gasteiger partial charge in [-0.2, -0.15) is 0 Å². The van der Waals surface area contributed by atoms with Gasteiger partial charge in [-0.25, -0.2) is 0 Å². The largest absolute Gasteiger partial charge is 0.298 e. The molecule has 0 aromatic heterocycles. The molecule has 3 heteroatoms. The van der Waals surface area contributed by atoms with Crippen LogP contribution in [0.4, 0.5) is 0 Å². The fraction of sp³-hybridized carbons (Fsp3) is 0.792. The molecule has 0 saturated heterocycles. The first-order valence-corrected chi connectivity index (χ1v) is 11.4. The van der Waals surface area contributed by atoms with Gasteiger partial charge in [-0.3, -0.25) is 14.4 Å². The van der Waals surface area contributed by atoms with Crippen LogP contribution in [0, 0.1) is 5.92 Å². The van der Waals surface area contributed by atoms with Crippen molar-refractivity contribution in [3.8, 4) is 0 Å². The molecule has 1 aliphatic carbocycles. The first kappa shape index (κ1) is 23.8. The Balaban J connectivity index is 1.91. The summed E-state index contributed by atoms with van der Waals surface area (Å²) in [5.41, 5.74) is 0. The molecule has 0 spiro atoms. The van der Waals surface area contributed by atoms with Crippen molar-refractivity contribution in [2.45, 2.75) is 116 Å². The summed E-state index contributed by atoms with van der Waals surface area (Å²) >= 11 is 0. The van der Waals surface area contributed by atoms with Crippen LogP contribution in [-0.2, 0) is 14.4 Å². The Hall–Kier alpha value is -1.25. The van der Waals surface area contributed by atoms with Crippen molar-refractivity contribution >= 4 is 17.3 Å². The Morgan fingerprint density at radius 2 is 1.26 bits per heavy atom. The maximum atomic E-state index is 12.1. The van der Waals surface area contributed by atoms with Crippen molar-refractivity contribution in [3.63, 3.8) is 0 Å². The second kappa shape index (κ2) is 15.8. The zero-order chi connectivity index (χ0) is 19.7. The summed E-state index contributed by atoms with van der Waals surface area (Å²) in [4.78, 5) is 35.6. The van der Waals surface area contributed by atoms with E-state index in [9.17, 15) is 14.4 Å². The van der Waals surface area contributed by atoms with Crippen LogP contribution in [-0.4, -0.2) is 17.3 Å². The molecule has 1 aliphatic rings. The number of hydrogen-bond acceptors (Lipinski definition) is 3. The lowest BCUT2D eigenvalue weighted by molar-refractivity contribution is -0.142. The van der Waals surface area contributed by atoms with E-state index in [0.717, 1.165) is 25.7 Å². The average molecular weight is 377 g/mol. The number of hydrogen-bond donors (Lipinski definition) is 0. The third-order valence-electron chi connectivity index (χ3n) is 5.50. The van der Waals surface area contributed by atoms with Crippen molar-refractivity contribution in [3.05, 3.63) is 12.2 Å². The molecule has 0 amide bonds. The van der Waals surface area contributed by atoms with Gasteiger partial charge in [0.2, 0.25) is 0 Å². The molecule has 1 fully saturated rings. The molecule has 0 radical (unpaired) electrons. The lowest BCUT2D eigenvalue weighted by Gasteiger charge is -2.17. The summed E-state index contributed by atoms with van der Waals surface area (Å²) in [6.45, 7) is 2.25. The summed E-state index contributed by atoms with van der Waals surface area (Å²) in [6.07, 6.45) is 22.3. The summed E-state index contributed by atoms with van der Waals surface area (Å²) < 4.78 is 0. The fourth-order valence-electron chi connectivity index (χ4n) is 3.78. The Kier molecular flexibility index (Phi) is 13.9. The normalized spacial score (nSPS) is 15.7. The molecule has 154 valence electrons. The highest BCUT2D eigenvalue weighted by atomic mass is 16.2. The van der Waals surface area contributed by atoms with Crippen molar-refractivity contribution in [2.75, 3.05) is 0 Å². The maximum Gasteiger partial charge on any atom is 0.150 e. The number of ketones is 3. The van der Waals surface area contributed by atoms with Crippen LogP contribution in [0.1, 0.15) is 116 Å². The van der Waals surface area contributed by atoms with Gasteiger partial charge in [-0.05, 0) is 38.5 Å². The Morgan fingerprint density at radius 3 is 1.81 bits per heavy atom. The van der Waals surface area contributed by atoms with Gasteiger partial charge in [0.15, 0.2) is 17.3 Å². The minimum Gasteiger partial charge on any atom is -0.298 e. The molecule has 27 heavy (non-hydrogen) atoms. The monoisotopic (exact) mass is 376 g/mol. The molecule has 0 unspecified atom stereocenters. The molecule has 0 bridgehead atoms. The van der Waals surface area contributed by atoms with Gasteiger partial charge in [-0.1, -0.05) is 70.4 Å². The van der Waals surface area contributed by atoms with E-state index in [1.165, 1.54) is 57.8 Å². The summed E-state index contributed by atoms with van der Waals surface area (Å²) in [7, 11) is 0. The maximum absolute atomic E-state index is 12.1. The van der Waals surface area contributed by atoms with Crippen LogP contribution < -0.4 is 0 Å². The van der Waals surface area contributed by atoms with Crippen molar-refractivity contribution in [1.82, 2.24) is 0 Å². The second-order valence-electron chi connectivity index (χ2n) is 8.02. The van der Waals surface area contributed by atoms with E-state index in [2.05, 4.69) is 19.1 Å². The van der Waals surface area contributed by atoms with E-state index >= 15 is 0 Å². The zero-order valence-corrected chi connectivity index (χ0v) is 17.5. The van der Waals surface area contributed by atoms with Gasteiger partial charge >= 0.3 is 0 Å². The fourth-order valence-corrected chi connectivity index (χ4v) is 3.78. The number of carbonyl (C=O) groups excluding carboxylic acids is 3. The molecule has 1 rings (SSSR count). The molecular formula is C24H40O3. The Bertz CT molecular complexity index is 448. The molecular weight excluding hydrogens is 336 g/mol. The topological polar surface area (TPSA) is 51.2 Å². The van der Waals surface area contributed by atoms with E-state index in [-0.39, 0.29) is 17.3 Å². The summed E-state index contributed by atoms with van der Waals surface area (Å²) in [6, 6.07) is 0. The number of allylic oxidation sites excluding steroid dienone is 2. The minimum atomic E-state index is -0.921. The molecule has 0 aromatic rings. The van der Waals surface area contributed by atoms with Crippen molar-refractivity contribution in [1.29, 1.82) is 0 Å². The molecule has 0 heterocycles. The first-order valence-electron chi connectivity index (χ1n) is 11.4. The average Bonchev–Trinajstić information content (AvgIpc) is 2.64. The highest BCUT2D eigenvalue weighted by Crippen LogP contribution is 2.20. The summed E-state index contributed by atoms with van der Waals surface area (Å²) in [5, 5.41) is 0. The molecule has 0 aromatic carbocycles. The van der Waals surface area contributed by atoms with Crippen molar-refractivity contribution < 1.29 is 14.4 Å². The van der Waals surface area contributed by atoms with Gasteiger partial charge in [0, 0.05) is 19.3 Å². The zero-order valence-electron chi connectivity index (χ0n) is 17.5. The predicted molar refractivity (Wildman–Crippen MR) is 112 cm³/mol. The molecule has 0 aliphatic heterocycles. The van der Waals surface area contributed by atoms with Crippen LogP contribution in [0.3, 0.4) is 0 Å². The van der Waals surface area contributed by atoms with Gasteiger partial charge < -0.3 is 0 Å². The second-order valence-corrected chi connectivity index (χ2v) is 8.02. The molecule has 0 atom stereocenters. The lowest BCUT2D eigenvalue weighted by atomic mass is 9.82. The molecule has 1 saturated carbocycles. The smallest absolute Gasteiger partial charge is 0.150 e. The van der Waals surface area contributed by atoms with Crippen LogP contribution in [0.15, 0.2) is 12.2 Å². The molecule has 3 nitrogen and oxygen atoms in total. The van der Waals surface area contributed by atoms with E-state index < -0.39 is 5.92 Å². The van der Waals surface area contributed by atoms with E-state index in [0.29, 0.717) is 25.7 Å². The SMILES string of the molecule is CCCCCCCC/C=C\CCCCCCCC(=O)C1C(=O)CCCC1=O. The first-order chi connectivity index (χ1) is 13.2. The predicted octanol–water partition coefficient (Wildman–Crippen LogP) is 6.53. The third-order valence-corrected chi connectivity index (χ3v) is 5.50. The van der Waals surface area contributed by atoms with Crippen LogP contribution >= 0.6 is 0 Å². The summed E-state index contributed by atoms with van der Waals surface area (Å²) in [5.74, 6) is -1.36. The number of Topliss-reactive ketones (excluding diaryl/α,β-unsaturated/α-hetero) is 3. The number of carbonyl (C=O) groups is 3. The lowest BCUT2D eigenvalue weighted by Crippen LogP contribution is -2.35. The highest BCUT2D eigenvalue weighted by molar-refractivity contribution is 6.20. The van der Waals surface area contributed by atoms with Gasteiger partial charge in [0.25, 0.3) is 0 Å². The number of rotatable bonds is 16. The van der Waals surface area contributed by atoms with Crippen LogP contribution in [0.5, 0.6) is 0 Å². The Morgan fingerprint density at radius 1 is 0.778 bits per heavy atom. The van der Waals surface area contributed by atoms with E-state index in [1.54, 1.807) is 0 Å². The number of unbranched alkanes of at least 4 members (excludes halogenated alkanes) is 11. The van der Waals surface area contributed by atoms with Gasteiger partial charge in [-0.15, -0.1) is 0 Å².